The van der Waals surface area contributed by atoms with Crippen molar-refractivity contribution in [2.45, 2.75) is 44.6 Å². The summed E-state index contributed by atoms with van der Waals surface area (Å²) < 4.78 is 0. The normalized spacial score (nSPS) is 20.3. The van der Waals surface area contributed by atoms with Gasteiger partial charge in [-0.3, -0.25) is 14.5 Å². The van der Waals surface area contributed by atoms with Crippen molar-refractivity contribution in [2.75, 3.05) is 6.54 Å². The Hall–Kier alpha value is -1.69. The van der Waals surface area contributed by atoms with Crippen molar-refractivity contribution >= 4 is 29.1 Å². The molecule has 5 nitrogen and oxygen atoms in total. The van der Waals surface area contributed by atoms with Gasteiger partial charge in [0.15, 0.2) is 5.78 Å². The number of carbonyl (C=O) groups excluding carboxylic acids is 3. The summed E-state index contributed by atoms with van der Waals surface area (Å²) in [4.78, 5) is 39.6. The highest BCUT2D eigenvalue weighted by atomic mass is 32.1. The molecule has 0 radical (unpaired) electrons. The number of aryl methyl sites for hydroxylation is 1. The van der Waals surface area contributed by atoms with Crippen molar-refractivity contribution in [3.63, 3.8) is 0 Å². The molecule has 3 amide bonds. The SMILES string of the molecule is CCc1ccc(C(=O)CN2C(=O)NC3(CCCC3)C2=O)s1. The molecule has 1 saturated heterocycles. The Kier molecular flexibility index (Phi) is 3.57. The Morgan fingerprint density at radius 1 is 1.33 bits per heavy atom. The van der Waals surface area contributed by atoms with Gasteiger partial charge in [-0.05, 0) is 31.4 Å². The molecule has 0 bridgehead atoms. The van der Waals surface area contributed by atoms with E-state index in [4.69, 9.17) is 0 Å². The Balaban J connectivity index is 1.74. The fourth-order valence-electron chi connectivity index (χ4n) is 3.08. The summed E-state index contributed by atoms with van der Waals surface area (Å²) in [6, 6.07) is 3.26. The van der Waals surface area contributed by atoms with Gasteiger partial charge in [0.05, 0.1) is 11.4 Å². The summed E-state index contributed by atoms with van der Waals surface area (Å²) in [6.07, 6.45) is 4.13. The predicted molar refractivity (Wildman–Crippen MR) is 79.5 cm³/mol. The Labute approximate surface area is 127 Å². The van der Waals surface area contributed by atoms with Crippen LogP contribution in [0.3, 0.4) is 0 Å². The summed E-state index contributed by atoms with van der Waals surface area (Å²) in [5.41, 5.74) is -0.735. The van der Waals surface area contributed by atoms with Crippen LogP contribution in [-0.2, 0) is 11.2 Å². The van der Waals surface area contributed by atoms with E-state index >= 15 is 0 Å². The molecule has 1 N–H and O–H groups in total. The van der Waals surface area contributed by atoms with Gasteiger partial charge >= 0.3 is 6.03 Å². The number of hydrogen-bond donors (Lipinski definition) is 1. The monoisotopic (exact) mass is 306 g/mol. The molecule has 112 valence electrons. The van der Waals surface area contributed by atoms with Crippen LogP contribution in [0.1, 0.15) is 47.2 Å². The van der Waals surface area contributed by atoms with Gasteiger partial charge in [-0.15, -0.1) is 11.3 Å². The summed E-state index contributed by atoms with van der Waals surface area (Å²) in [6.45, 7) is 1.87. The number of carbonyl (C=O) groups is 3. The third-order valence-electron chi connectivity index (χ3n) is 4.29. The molecule has 1 saturated carbocycles. The van der Waals surface area contributed by atoms with Gasteiger partial charge in [0.25, 0.3) is 5.91 Å². The minimum Gasteiger partial charge on any atom is -0.323 e. The van der Waals surface area contributed by atoms with Crippen molar-refractivity contribution in [2.24, 2.45) is 0 Å². The molecular formula is C15H18N2O3S. The van der Waals surface area contributed by atoms with E-state index in [1.54, 1.807) is 6.07 Å². The zero-order chi connectivity index (χ0) is 15.0. The summed E-state index contributed by atoms with van der Waals surface area (Å²) >= 11 is 1.43. The van der Waals surface area contributed by atoms with E-state index in [0.717, 1.165) is 29.0 Å². The molecule has 0 atom stereocenters. The number of nitrogens with one attached hydrogen (secondary N) is 1. The quantitative estimate of drug-likeness (QED) is 0.686. The number of rotatable bonds is 4. The zero-order valence-electron chi connectivity index (χ0n) is 12.0. The number of imide groups is 1. The molecule has 1 aliphatic carbocycles. The number of thiophene rings is 1. The molecule has 21 heavy (non-hydrogen) atoms. The van der Waals surface area contributed by atoms with Crippen LogP contribution in [0.25, 0.3) is 0 Å². The number of hydrogen-bond acceptors (Lipinski definition) is 4. The number of Topliss-reactive ketones (excluding diaryl/α,β-unsaturated/α-hetero) is 1. The molecule has 0 unspecified atom stereocenters. The fourth-order valence-corrected chi connectivity index (χ4v) is 3.95. The molecule has 1 aromatic heterocycles. The lowest BCUT2D eigenvalue weighted by molar-refractivity contribution is -0.130. The first-order chi connectivity index (χ1) is 10.1. The largest absolute Gasteiger partial charge is 0.325 e. The second-order valence-electron chi connectivity index (χ2n) is 5.65. The van der Waals surface area contributed by atoms with Crippen molar-refractivity contribution in [3.05, 3.63) is 21.9 Å². The van der Waals surface area contributed by atoms with Crippen LogP contribution in [0.5, 0.6) is 0 Å². The topological polar surface area (TPSA) is 66.5 Å². The second kappa shape index (κ2) is 5.26. The highest BCUT2D eigenvalue weighted by Gasteiger charge is 2.52. The molecule has 6 heteroatoms. The van der Waals surface area contributed by atoms with Crippen molar-refractivity contribution in [1.29, 1.82) is 0 Å². The van der Waals surface area contributed by atoms with Crippen LogP contribution >= 0.6 is 11.3 Å². The minimum absolute atomic E-state index is 0.157. The van der Waals surface area contributed by atoms with E-state index in [9.17, 15) is 14.4 Å². The lowest BCUT2D eigenvalue weighted by atomic mass is 9.98. The molecule has 0 aromatic carbocycles. The van der Waals surface area contributed by atoms with Gasteiger partial charge in [-0.2, -0.15) is 0 Å². The minimum atomic E-state index is -0.735. The average molecular weight is 306 g/mol. The molecule has 2 aliphatic rings. The Morgan fingerprint density at radius 3 is 2.67 bits per heavy atom. The lowest BCUT2D eigenvalue weighted by Crippen LogP contribution is -2.44. The van der Waals surface area contributed by atoms with Gasteiger partial charge in [0, 0.05) is 4.88 Å². The zero-order valence-corrected chi connectivity index (χ0v) is 12.8. The van der Waals surface area contributed by atoms with Crippen LogP contribution < -0.4 is 5.32 Å². The summed E-state index contributed by atoms with van der Waals surface area (Å²) in [5, 5.41) is 2.79. The van der Waals surface area contributed by atoms with Crippen molar-refractivity contribution in [3.8, 4) is 0 Å². The van der Waals surface area contributed by atoms with Crippen LogP contribution in [-0.4, -0.2) is 34.7 Å². The first kappa shape index (κ1) is 14.3. The third kappa shape index (κ3) is 2.37. The molecule has 2 fully saturated rings. The molecule has 1 aromatic rings. The number of amides is 3. The fraction of sp³-hybridized carbons (Fsp3) is 0.533. The van der Waals surface area contributed by atoms with E-state index in [1.807, 2.05) is 13.0 Å². The van der Waals surface area contributed by atoms with Crippen LogP contribution in [0.2, 0.25) is 0 Å². The van der Waals surface area contributed by atoms with E-state index in [1.165, 1.54) is 11.3 Å². The van der Waals surface area contributed by atoms with E-state index in [0.29, 0.717) is 17.7 Å². The van der Waals surface area contributed by atoms with Crippen LogP contribution in [0, 0.1) is 0 Å². The maximum atomic E-state index is 12.5. The molecule has 1 spiro atoms. The van der Waals surface area contributed by atoms with E-state index in [2.05, 4.69) is 5.32 Å². The van der Waals surface area contributed by atoms with Crippen molar-refractivity contribution in [1.82, 2.24) is 10.2 Å². The first-order valence-electron chi connectivity index (χ1n) is 7.32. The van der Waals surface area contributed by atoms with E-state index in [-0.39, 0.29) is 18.2 Å². The van der Waals surface area contributed by atoms with Gasteiger partial charge in [0.1, 0.15) is 5.54 Å². The third-order valence-corrected chi connectivity index (χ3v) is 5.56. The highest BCUT2D eigenvalue weighted by Crippen LogP contribution is 2.35. The standard InChI is InChI=1S/C15H18N2O3S/c1-2-10-5-6-12(21-10)11(18)9-17-13(19)15(16-14(17)20)7-3-4-8-15/h5-6H,2-4,7-9H2,1H3,(H,16,20). The number of urea groups is 1. The predicted octanol–water partition coefficient (Wildman–Crippen LogP) is 2.36. The molecular weight excluding hydrogens is 288 g/mol. The van der Waals surface area contributed by atoms with Gasteiger partial charge < -0.3 is 5.32 Å². The molecule has 3 rings (SSSR count). The first-order valence-corrected chi connectivity index (χ1v) is 8.13. The second-order valence-corrected chi connectivity index (χ2v) is 6.82. The Morgan fingerprint density at radius 2 is 2.05 bits per heavy atom. The van der Waals surface area contributed by atoms with Crippen LogP contribution in [0.15, 0.2) is 12.1 Å². The maximum Gasteiger partial charge on any atom is 0.325 e. The Bertz CT molecular complexity index is 602. The highest BCUT2D eigenvalue weighted by molar-refractivity contribution is 7.14. The van der Waals surface area contributed by atoms with Crippen molar-refractivity contribution < 1.29 is 14.4 Å². The van der Waals surface area contributed by atoms with Gasteiger partial charge in [-0.1, -0.05) is 19.8 Å². The molecule has 1 aliphatic heterocycles. The maximum absolute atomic E-state index is 12.5. The lowest BCUT2D eigenvalue weighted by Gasteiger charge is -2.19. The number of ketones is 1. The molecule has 2 heterocycles. The van der Waals surface area contributed by atoms with Gasteiger partial charge in [0.2, 0.25) is 0 Å². The number of nitrogens with zero attached hydrogens (tertiary/aromatic N) is 1. The van der Waals surface area contributed by atoms with Crippen LogP contribution in [0.4, 0.5) is 4.79 Å². The smallest absolute Gasteiger partial charge is 0.323 e. The summed E-state index contributed by atoms with van der Waals surface area (Å²) in [7, 11) is 0. The van der Waals surface area contributed by atoms with E-state index < -0.39 is 11.6 Å². The van der Waals surface area contributed by atoms with Gasteiger partial charge in [-0.25, -0.2) is 4.79 Å². The average Bonchev–Trinajstić information content (AvgIpc) is 3.16. The summed E-state index contributed by atoms with van der Waals surface area (Å²) in [5.74, 6) is -0.399.